The molecule has 0 aromatic heterocycles. The van der Waals surface area contributed by atoms with Crippen LogP contribution in [0.3, 0.4) is 0 Å². The lowest BCUT2D eigenvalue weighted by molar-refractivity contribution is 1.02. The summed E-state index contributed by atoms with van der Waals surface area (Å²) in [6.45, 7) is 0. The lowest BCUT2D eigenvalue weighted by Gasteiger charge is -2.29. The monoisotopic (exact) mass is 749 g/mol. The highest BCUT2D eigenvalue weighted by Crippen LogP contribution is 2.51. The molecule has 0 bridgehead atoms. The summed E-state index contributed by atoms with van der Waals surface area (Å²) in [5.41, 5.74) is 13.8. The van der Waals surface area contributed by atoms with Crippen molar-refractivity contribution in [3.05, 3.63) is 223 Å². The topological polar surface area (TPSA) is 3.24 Å². The molecule has 0 N–H and O–H groups in total. The van der Waals surface area contributed by atoms with Gasteiger partial charge in [-0.1, -0.05) is 182 Å². The molecule has 0 heterocycles. The molecule has 1 aliphatic rings. The van der Waals surface area contributed by atoms with E-state index in [1.807, 2.05) is 0 Å². The van der Waals surface area contributed by atoms with E-state index in [9.17, 15) is 0 Å². The van der Waals surface area contributed by atoms with Crippen LogP contribution in [0.2, 0.25) is 0 Å². The van der Waals surface area contributed by atoms with Gasteiger partial charge in [0.05, 0.1) is 11.4 Å². The molecule has 1 nitrogen and oxygen atoms in total. The molecule has 0 aliphatic heterocycles. The van der Waals surface area contributed by atoms with Crippen molar-refractivity contribution >= 4 is 70.9 Å². The lowest BCUT2D eigenvalue weighted by Crippen LogP contribution is -2.11. The second-order valence-corrected chi connectivity index (χ2v) is 15.9. The highest BCUT2D eigenvalue weighted by atomic mass is 15.1. The van der Waals surface area contributed by atoms with E-state index in [2.05, 4.69) is 217 Å². The third-order valence-electron chi connectivity index (χ3n) is 12.7. The Labute approximate surface area is 344 Å². The molecule has 0 radical (unpaired) electrons. The Morgan fingerprint density at radius 1 is 0.305 bits per heavy atom. The Balaban J connectivity index is 1.24. The van der Waals surface area contributed by atoms with E-state index in [4.69, 9.17) is 0 Å². The third-order valence-corrected chi connectivity index (χ3v) is 12.7. The minimum Gasteiger partial charge on any atom is -0.309 e. The molecule has 1 aliphatic carbocycles. The molecule has 0 spiro atoms. The van der Waals surface area contributed by atoms with Crippen LogP contribution in [0.25, 0.3) is 87.2 Å². The number of benzene rings is 11. The maximum atomic E-state index is 2.52. The Morgan fingerprint density at radius 2 is 0.864 bits per heavy atom. The summed E-state index contributed by atoms with van der Waals surface area (Å²) in [6, 6.07) is 78.8. The number of nitrogens with zero attached hydrogens (tertiary/aromatic N) is 1. The van der Waals surface area contributed by atoms with Crippen LogP contribution in [0, 0.1) is 0 Å². The number of aryl methyl sites for hydroxylation is 2. The number of hydrogen-bond donors (Lipinski definition) is 0. The van der Waals surface area contributed by atoms with Gasteiger partial charge in [0.2, 0.25) is 0 Å². The van der Waals surface area contributed by atoms with Crippen molar-refractivity contribution in [3.63, 3.8) is 0 Å². The Morgan fingerprint density at radius 3 is 1.63 bits per heavy atom. The van der Waals surface area contributed by atoms with Crippen molar-refractivity contribution in [2.45, 2.75) is 12.8 Å². The summed E-state index contributed by atoms with van der Waals surface area (Å²) in [4.78, 5) is 2.52. The molecule has 0 amide bonds. The average molecular weight is 750 g/mol. The van der Waals surface area contributed by atoms with E-state index in [1.165, 1.54) is 110 Å². The van der Waals surface area contributed by atoms with E-state index in [-0.39, 0.29) is 0 Å². The van der Waals surface area contributed by atoms with Crippen molar-refractivity contribution < 1.29 is 0 Å². The van der Waals surface area contributed by atoms with Crippen molar-refractivity contribution in [3.8, 4) is 33.4 Å². The van der Waals surface area contributed by atoms with Gasteiger partial charge < -0.3 is 4.90 Å². The SMILES string of the molecule is c1ccc(-c2cc(-c3ccccc3)c3c4ccccc4c4cc(N(c5cccc6ccccc56)c5ccc6c7c(cccc57)CC6)ccc4c3c2-c2ccccc2)cc1. The normalized spacial score (nSPS) is 12.3. The molecule has 0 saturated carbocycles. The van der Waals surface area contributed by atoms with Crippen LogP contribution in [0.5, 0.6) is 0 Å². The number of fused-ring (bicyclic) bond motifs is 7. The fraction of sp³-hybridized carbons (Fsp3) is 0.0345. The summed E-state index contributed by atoms with van der Waals surface area (Å²) >= 11 is 0. The van der Waals surface area contributed by atoms with E-state index in [1.54, 1.807) is 0 Å². The first kappa shape index (κ1) is 33.6. The van der Waals surface area contributed by atoms with E-state index >= 15 is 0 Å². The first-order valence-electron chi connectivity index (χ1n) is 20.7. The molecule has 276 valence electrons. The highest BCUT2D eigenvalue weighted by Gasteiger charge is 2.25. The minimum atomic E-state index is 1.10. The molecule has 0 saturated heterocycles. The molecular weight excluding hydrogens is 711 g/mol. The zero-order valence-corrected chi connectivity index (χ0v) is 32.6. The molecule has 0 unspecified atom stereocenters. The first-order chi connectivity index (χ1) is 29.3. The molecule has 11 aromatic rings. The van der Waals surface area contributed by atoms with Crippen LogP contribution >= 0.6 is 0 Å². The highest BCUT2D eigenvalue weighted by molar-refractivity contribution is 6.33. The van der Waals surface area contributed by atoms with Gasteiger partial charge in [-0.05, 0) is 131 Å². The molecule has 1 heteroatoms. The molecule has 11 aromatic carbocycles. The van der Waals surface area contributed by atoms with Gasteiger partial charge in [-0.2, -0.15) is 0 Å². The van der Waals surface area contributed by atoms with Gasteiger partial charge in [0.1, 0.15) is 0 Å². The van der Waals surface area contributed by atoms with Gasteiger partial charge in [-0.3, -0.25) is 0 Å². The standard InChI is InChI=1S/C58H39N/c1-4-16-39(17-5-1)50-37-51(40-18-6-2-7-19-40)57-47-27-13-12-26-46(47)52-36-44(33-34-48(52)58(57)56(50)41-21-8-3-9-22-41)59(53-29-15-23-38-20-10-11-25-45(38)53)54-35-32-43-31-30-42-24-14-28-49(54)55(42)43/h1-29,32-37H,30-31H2. The average Bonchev–Trinajstić information content (AvgIpc) is 3.74. The minimum absolute atomic E-state index is 1.10. The van der Waals surface area contributed by atoms with Gasteiger partial charge in [-0.25, -0.2) is 0 Å². The fourth-order valence-corrected chi connectivity index (χ4v) is 10.1. The quantitative estimate of drug-likeness (QED) is 0.153. The van der Waals surface area contributed by atoms with Crippen LogP contribution in [0.1, 0.15) is 11.1 Å². The third kappa shape index (κ3) is 5.32. The van der Waals surface area contributed by atoms with Gasteiger partial charge in [0.15, 0.2) is 0 Å². The van der Waals surface area contributed by atoms with Crippen molar-refractivity contribution in [1.82, 2.24) is 0 Å². The Hall–Kier alpha value is -7.48. The molecule has 12 rings (SSSR count). The summed E-state index contributed by atoms with van der Waals surface area (Å²) in [5, 5.41) is 12.7. The van der Waals surface area contributed by atoms with Crippen LogP contribution in [-0.4, -0.2) is 0 Å². The summed E-state index contributed by atoms with van der Waals surface area (Å²) in [5.74, 6) is 0. The smallest absolute Gasteiger partial charge is 0.0540 e. The van der Waals surface area contributed by atoms with E-state index < -0.39 is 0 Å². The first-order valence-corrected chi connectivity index (χ1v) is 20.7. The van der Waals surface area contributed by atoms with Crippen LogP contribution < -0.4 is 4.90 Å². The lowest BCUT2D eigenvalue weighted by atomic mass is 9.81. The Bertz CT molecular complexity index is 3410. The summed E-state index contributed by atoms with van der Waals surface area (Å²) in [6.07, 6.45) is 2.19. The molecule has 0 fully saturated rings. The second-order valence-electron chi connectivity index (χ2n) is 15.9. The van der Waals surface area contributed by atoms with Crippen LogP contribution in [-0.2, 0) is 12.8 Å². The van der Waals surface area contributed by atoms with Gasteiger partial charge >= 0.3 is 0 Å². The second kappa shape index (κ2) is 13.6. The predicted octanol–water partition coefficient (Wildman–Crippen LogP) is 16.0. The van der Waals surface area contributed by atoms with Gasteiger partial charge in [-0.15, -0.1) is 0 Å². The number of anilines is 3. The molecular formula is C58H39N. The Kier molecular flexibility index (Phi) is 7.74. The van der Waals surface area contributed by atoms with Gasteiger partial charge in [0, 0.05) is 16.5 Å². The zero-order chi connectivity index (χ0) is 38.9. The van der Waals surface area contributed by atoms with Crippen molar-refractivity contribution in [1.29, 1.82) is 0 Å². The predicted molar refractivity (Wildman–Crippen MR) is 252 cm³/mol. The number of hydrogen-bond acceptors (Lipinski definition) is 1. The maximum absolute atomic E-state index is 2.52. The van der Waals surface area contributed by atoms with Crippen molar-refractivity contribution in [2.24, 2.45) is 0 Å². The summed E-state index contributed by atoms with van der Waals surface area (Å²) in [7, 11) is 0. The molecule has 59 heavy (non-hydrogen) atoms. The van der Waals surface area contributed by atoms with Crippen molar-refractivity contribution in [2.75, 3.05) is 4.90 Å². The summed E-state index contributed by atoms with van der Waals surface area (Å²) < 4.78 is 0. The van der Waals surface area contributed by atoms with Gasteiger partial charge in [0.25, 0.3) is 0 Å². The van der Waals surface area contributed by atoms with E-state index in [0.29, 0.717) is 0 Å². The van der Waals surface area contributed by atoms with E-state index in [0.717, 1.165) is 18.5 Å². The molecule has 0 atom stereocenters. The zero-order valence-electron chi connectivity index (χ0n) is 32.6. The number of rotatable bonds is 6. The van der Waals surface area contributed by atoms with Crippen LogP contribution in [0.4, 0.5) is 17.1 Å². The fourth-order valence-electron chi connectivity index (χ4n) is 10.1. The largest absolute Gasteiger partial charge is 0.309 e. The maximum Gasteiger partial charge on any atom is 0.0540 e. The van der Waals surface area contributed by atoms with Crippen LogP contribution in [0.15, 0.2) is 212 Å².